The van der Waals surface area contributed by atoms with Crippen molar-refractivity contribution in [3.05, 3.63) is 75.2 Å². The van der Waals surface area contributed by atoms with Crippen molar-refractivity contribution in [2.75, 3.05) is 6.61 Å². The van der Waals surface area contributed by atoms with E-state index >= 15 is 0 Å². The van der Waals surface area contributed by atoms with Crippen LogP contribution in [0.5, 0.6) is 0 Å². The van der Waals surface area contributed by atoms with Crippen LogP contribution in [0, 0.1) is 21.2 Å². The average molecular weight is 487 g/mol. The Morgan fingerprint density at radius 1 is 1.14 bits per heavy atom. The Morgan fingerprint density at radius 3 is 2.40 bits per heavy atom. The molecule has 0 aliphatic rings. The van der Waals surface area contributed by atoms with Crippen LogP contribution in [0.25, 0.3) is 0 Å². The lowest BCUT2D eigenvalue weighted by Crippen LogP contribution is -2.42. The van der Waals surface area contributed by atoms with Gasteiger partial charge in [0.05, 0.1) is 17.6 Å². The van der Waals surface area contributed by atoms with Gasteiger partial charge in [0.15, 0.2) is 0 Å². The van der Waals surface area contributed by atoms with Gasteiger partial charge in [-0.1, -0.05) is 18.2 Å². The first-order chi connectivity index (χ1) is 16.5. The van der Waals surface area contributed by atoms with Gasteiger partial charge < -0.3 is 14.7 Å². The van der Waals surface area contributed by atoms with Crippen LogP contribution in [-0.4, -0.2) is 56.2 Å². The van der Waals surface area contributed by atoms with Crippen molar-refractivity contribution in [1.82, 2.24) is 4.98 Å². The summed E-state index contributed by atoms with van der Waals surface area (Å²) in [6.07, 6.45) is 2.69. The molecule has 0 spiro atoms. The van der Waals surface area contributed by atoms with Crippen molar-refractivity contribution in [1.29, 1.82) is 0 Å². The van der Waals surface area contributed by atoms with E-state index < -0.39 is 56.9 Å². The van der Waals surface area contributed by atoms with Gasteiger partial charge in [-0.3, -0.25) is 29.9 Å². The lowest BCUT2D eigenvalue weighted by atomic mass is 9.80. The highest BCUT2D eigenvalue weighted by Gasteiger charge is 2.47. The molecular formula is C23H25N3O9. The van der Waals surface area contributed by atoms with Crippen molar-refractivity contribution < 1.29 is 38.9 Å². The summed E-state index contributed by atoms with van der Waals surface area (Å²) < 4.78 is 10.3. The third-order valence-electron chi connectivity index (χ3n) is 4.88. The van der Waals surface area contributed by atoms with Crippen LogP contribution in [0.15, 0.2) is 48.8 Å². The maximum atomic E-state index is 13.0. The summed E-state index contributed by atoms with van der Waals surface area (Å²) in [7, 11) is 0. The molecule has 0 aliphatic carbocycles. The van der Waals surface area contributed by atoms with E-state index in [-0.39, 0.29) is 18.6 Å². The van der Waals surface area contributed by atoms with Gasteiger partial charge in [0.2, 0.25) is 0 Å². The molecule has 0 amide bonds. The Morgan fingerprint density at radius 2 is 1.86 bits per heavy atom. The lowest BCUT2D eigenvalue weighted by molar-refractivity contribution is -0.726. The molecule has 2 aromatic rings. The number of Topliss-reactive ketones (excluding diaryl/α,β-unsaturated/α-hetero) is 1. The molecule has 0 radical (unpaired) electrons. The molecule has 12 heteroatoms. The van der Waals surface area contributed by atoms with E-state index in [2.05, 4.69) is 4.98 Å². The topological polar surface area (TPSA) is 172 Å². The Bertz CT molecular complexity index is 1110. The fraction of sp³-hybridized carbons (Fsp3) is 0.348. The number of hydrogen-bond acceptors (Lipinski definition) is 10. The SMILES string of the molecule is CC(=O)C(C(=O)OCCc1cccnc1)C(C(C(=O)OC(C)C)=[N+]([O-])O)c1cccc([N+](=O)[O-])c1. The van der Waals surface area contributed by atoms with E-state index in [1.807, 2.05) is 0 Å². The van der Waals surface area contributed by atoms with Gasteiger partial charge in [-0.15, -0.1) is 0 Å². The minimum absolute atomic E-state index is 0.116. The standard InChI is InChI=1S/C23H25N3O9/c1-14(2)35-23(29)21(26(32)33)20(17-7-4-8-18(12-17)25(30)31)19(15(3)27)22(28)34-11-9-16-6-5-10-24-13-16/h4-8,10,12-14,19-20H,9,11H2,1-3H3,(H,32,33). The number of ether oxygens (including phenoxy) is 2. The second-order valence-electron chi connectivity index (χ2n) is 7.81. The van der Waals surface area contributed by atoms with Crippen molar-refractivity contribution in [2.45, 2.75) is 39.2 Å². The summed E-state index contributed by atoms with van der Waals surface area (Å²) in [5.41, 5.74) is -0.784. The predicted octanol–water partition coefficient (Wildman–Crippen LogP) is 2.36. The number of nitrogens with zero attached hydrogens (tertiary/aromatic N) is 3. The van der Waals surface area contributed by atoms with Crippen molar-refractivity contribution in [3.8, 4) is 0 Å². The molecule has 1 N–H and O–H groups in total. The van der Waals surface area contributed by atoms with Crippen LogP contribution in [0.1, 0.15) is 37.8 Å². The van der Waals surface area contributed by atoms with E-state index in [4.69, 9.17) is 9.47 Å². The number of benzene rings is 1. The molecule has 0 saturated carbocycles. The third kappa shape index (κ3) is 7.32. The number of nitro benzene ring substituents is 1. The minimum atomic E-state index is -1.79. The van der Waals surface area contributed by atoms with Crippen molar-refractivity contribution in [2.24, 2.45) is 5.92 Å². The highest BCUT2D eigenvalue weighted by molar-refractivity contribution is 6.37. The molecule has 2 atom stereocenters. The Balaban J connectivity index is 2.52. The Kier molecular flexibility index (Phi) is 9.38. The molecule has 0 bridgehead atoms. The number of carbonyl (C=O) groups excluding carboxylic acids is 3. The van der Waals surface area contributed by atoms with Gasteiger partial charge in [-0.05, 0) is 38.0 Å². The molecule has 1 aromatic carbocycles. The molecule has 12 nitrogen and oxygen atoms in total. The molecule has 186 valence electrons. The Hall–Kier alpha value is -4.35. The number of ketones is 1. The zero-order valence-electron chi connectivity index (χ0n) is 19.3. The molecule has 0 aliphatic heterocycles. The van der Waals surface area contributed by atoms with Crippen molar-refractivity contribution in [3.63, 3.8) is 0 Å². The number of carbonyl (C=O) groups is 3. The summed E-state index contributed by atoms with van der Waals surface area (Å²) in [4.78, 5) is 52.1. The molecule has 0 saturated heterocycles. The number of nitro groups is 1. The normalized spacial score (nSPS) is 13.4. The van der Waals surface area contributed by atoms with E-state index in [0.29, 0.717) is 0 Å². The smallest absolute Gasteiger partial charge is 0.406 e. The second-order valence-corrected chi connectivity index (χ2v) is 7.81. The fourth-order valence-electron chi connectivity index (χ4n) is 3.38. The first kappa shape index (κ1) is 26.9. The minimum Gasteiger partial charge on any atom is -0.465 e. The van der Waals surface area contributed by atoms with Crippen LogP contribution in [0.4, 0.5) is 5.69 Å². The van der Waals surface area contributed by atoms with Gasteiger partial charge in [-0.2, -0.15) is 0 Å². The summed E-state index contributed by atoms with van der Waals surface area (Å²) in [6, 6.07) is 8.13. The first-order valence-corrected chi connectivity index (χ1v) is 10.6. The summed E-state index contributed by atoms with van der Waals surface area (Å²) in [6.45, 7) is 3.86. The molecule has 2 rings (SSSR count). The number of rotatable bonds is 11. The largest absolute Gasteiger partial charge is 0.465 e. The maximum absolute atomic E-state index is 13.0. The van der Waals surface area contributed by atoms with E-state index in [0.717, 1.165) is 24.6 Å². The summed E-state index contributed by atoms with van der Waals surface area (Å²) in [5, 5.41) is 33.2. The molecular weight excluding hydrogens is 462 g/mol. The highest BCUT2D eigenvalue weighted by Crippen LogP contribution is 2.31. The van der Waals surface area contributed by atoms with E-state index in [1.165, 1.54) is 26.0 Å². The van der Waals surface area contributed by atoms with E-state index in [9.17, 15) is 34.9 Å². The van der Waals surface area contributed by atoms with Crippen LogP contribution < -0.4 is 0 Å². The molecule has 35 heavy (non-hydrogen) atoms. The second kappa shape index (κ2) is 12.2. The summed E-state index contributed by atoms with van der Waals surface area (Å²) >= 11 is 0. The number of hydrogen-bond donors (Lipinski definition) is 1. The van der Waals surface area contributed by atoms with Crippen LogP contribution in [0.2, 0.25) is 0 Å². The highest BCUT2D eigenvalue weighted by atomic mass is 16.8. The van der Waals surface area contributed by atoms with Gasteiger partial charge >= 0.3 is 17.7 Å². The number of esters is 2. The quantitative estimate of drug-likeness (QED) is 0.0943. The van der Waals surface area contributed by atoms with Gasteiger partial charge in [0.25, 0.3) is 5.69 Å². The molecule has 1 heterocycles. The fourth-order valence-corrected chi connectivity index (χ4v) is 3.38. The van der Waals surface area contributed by atoms with Gasteiger partial charge in [0, 0.05) is 35.8 Å². The number of non-ortho nitro benzene ring substituents is 1. The molecule has 2 unspecified atom stereocenters. The zero-order chi connectivity index (χ0) is 26.1. The average Bonchev–Trinajstić information content (AvgIpc) is 2.78. The van der Waals surface area contributed by atoms with Crippen molar-refractivity contribution >= 4 is 29.1 Å². The van der Waals surface area contributed by atoms with Crippen LogP contribution in [-0.2, 0) is 30.3 Å². The first-order valence-electron chi connectivity index (χ1n) is 10.6. The monoisotopic (exact) mass is 487 g/mol. The van der Waals surface area contributed by atoms with Gasteiger partial charge in [-0.25, -0.2) is 4.79 Å². The van der Waals surface area contributed by atoms with Crippen LogP contribution in [0.3, 0.4) is 0 Å². The lowest BCUT2D eigenvalue weighted by Gasteiger charge is -2.23. The summed E-state index contributed by atoms with van der Waals surface area (Å²) in [5.74, 6) is -6.71. The third-order valence-corrected chi connectivity index (χ3v) is 4.88. The zero-order valence-corrected chi connectivity index (χ0v) is 19.3. The van der Waals surface area contributed by atoms with Crippen LogP contribution >= 0.6 is 0 Å². The van der Waals surface area contributed by atoms with Gasteiger partial charge in [0.1, 0.15) is 17.6 Å². The predicted molar refractivity (Wildman–Crippen MR) is 121 cm³/mol. The Labute approximate surface area is 200 Å². The molecule has 0 fully saturated rings. The maximum Gasteiger partial charge on any atom is 0.406 e. The number of aromatic nitrogens is 1. The number of pyridine rings is 1. The molecule has 1 aromatic heterocycles. The van der Waals surface area contributed by atoms with E-state index in [1.54, 1.807) is 24.5 Å².